The van der Waals surface area contributed by atoms with Crippen molar-refractivity contribution in [2.75, 3.05) is 7.05 Å². The summed E-state index contributed by atoms with van der Waals surface area (Å²) in [6, 6.07) is 26.5. The van der Waals surface area contributed by atoms with Crippen molar-refractivity contribution in [3.05, 3.63) is 112 Å². The quantitative estimate of drug-likeness (QED) is 0.297. The van der Waals surface area contributed by atoms with Crippen molar-refractivity contribution < 1.29 is 9.15 Å². The summed E-state index contributed by atoms with van der Waals surface area (Å²) in [6.45, 7) is 0. The van der Waals surface area contributed by atoms with Crippen molar-refractivity contribution in [3.8, 4) is 5.75 Å². The monoisotopic (exact) mass is 469 g/mol. The highest BCUT2D eigenvalue weighted by molar-refractivity contribution is 5.78. The lowest BCUT2D eigenvalue weighted by Crippen LogP contribution is -2.12. The van der Waals surface area contributed by atoms with Gasteiger partial charge in [-0.1, -0.05) is 73.5 Å². The van der Waals surface area contributed by atoms with Crippen LogP contribution in [0.3, 0.4) is 0 Å². The molecule has 0 spiro atoms. The standard InChI is InChI=1S/C30H30O3.CH5N/c31-30-26-20-25(18-19-29(26)32-21-27(30)23-13-7-8-14-23)33-28(24-15-5-2-6-16-24)17-9-12-22-10-3-1-4-11-22;1-2/h1-6,10-11,15-16,18-21,23,28H,7-9,12-14,17H2;2H2,1H3. The number of benzene rings is 3. The molecule has 4 nitrogen and oxygen atoms in total. The fraction of sp³-hybridized carbons (Fsp3) is 0.323. The molecule has 0 bridgehead atoms. The maximum atomic E-state index is 13.2. The van der Waals surface area contributed by atoms with Crippen LogP contribution in [0.5, 0.6) is 5.75 Å². The average molecular weight is 470 g/mol. The van der Waals surface area contributed by atoms with Gasteiger partial charge in [-0.05, 0) is 74.4 Å². The summed E-state index contributed by atoms with van der Waals surface area (Å²) in [6.07, 6.45) is 9.06. The Morgan fingerprint density at radius 1 is 0.943 bits per heavy atom. The lowest BCUT2D eigenvalue weighted by molar-refractivity contribution is 0.192. The van der Waals surface area contributed by atoms with Gasteiger partial charge in [0.15, 0.2) is 5.43 Å². The van der Waals surface area contributed by atoms with Gasteiger partial charge in [-0.25, -0.2) is 0 Å². The van der Waals surface area contributed by atoms with Gasteiger partial charge in [0, 0.05) is 5.56 Å². The van der Waals surface area contributed by atoms with E-state index < -0.39 is 0 Å². The fourth-order valence-corrected chi connectivity index (χ4v) is 4.98. The van der Waals surface area contributed by atoms with Crippen LogP contribution in [0.1, 0.15) is 67.2 Å². The van der Waals surface area contributed by atoms with Gasteiger partial charge in [-0.3, -0.25) is 4.79 Å². The predicted molar refractivity (Wildman–Crippen MR) is 143 cm³/mol. The van der Waals surface area contributed by atoms with E-state index in [1.807, 2.05) is 42.5 Å². The molecule has 1 saturated carbocycles. The maximum absolute atomic E-state index is 13.2. The second kappa shape index (κ2) is 12.4. The van der Waals surface area contributed by atoms with E-state index in [1.165, 1.54) is 25.5 Å². The molecule has 1 aliphatic carbocycles. The van der Waals surface area contributed by atoms with E-state index in [1.54, 1.807) is 6.26 Å². The molecule has 1 atom stereocenters. The molecule has 1 unspecified atom stereocenters. The first-order valence-corrected chi connectivity index (χ1v) is 12.7. The number of aryl methyl sites for hydroxylation is 1. The molecular formula is C31H35NO3. The molecule has 0 aliphatic heterocycles. The molecule has 0 saturated heterocycles. The Morgan fingerprint density at radius 3 is 2.34 bits per heavy atom. The van der Waals surface area contributed by atoms with Crippen LogP contribution in [-0.2, 0) is 6.42 Å². The van der Waals surface area contributed by atoms with Crippen LogP contribution in [0, 0.1) is 0 Å². The largest absolute Gasteiger partial charge is 0.486 e. The molecule has 1 heterocycles. The van der Waals surface area contributed by atoms with Crippen molar-refractivity contribution in [2.45, 2.75) is 57.0 Å². The summed E-state index contributed by atoms with van der Waals surface area (Å²) in [4.78, 5) is 13.2. The van der Waals surface area contributed by atoms with E-state index in [-0.39, 0.29) is 11.5 Å². The van der Waals surface area contributed by atoms with Crippen LogP contribution < -0.4 is 15.9 Å². The molecule has 3 aromatic carbocycles. The van der Waals surface area contributed by atoms with Crippen LogP contribution in [-0.4, -0.2) is 7.05 Å². The molecule has 182 valence electrons. The van der Waals surface area contributed by atoms with E-state index in [2.05, 4.69) is 42.1 Å². The highest BCUT2D eigenvalue weighted by atomic mass is 16.5. The van der Waals surface area contributed by atoms with Gasteiger partial charge in [0.25, 0.3) is 0 Å². The number of hydrogen-bond donors (Lipinski definition) is 1. The highest BCUT2D eigenvalue weighted by Gasteiger charge is 2.22. The predicted octanol–water partition coefficient (Wildman–Crippen LogP) is 7.17. The Morgan fingerprint density at radius 2 is 1.63 bits per heavy atom. The zero-order chi connectivity index (χ0) is 24.5. The first kappa shape index (κ1) is 24.7. The number of hydrogen-bond acceptors (Lipinski definition) is 4. The second-order valence-corrected chi connectivity index (χ2v) is 9.05. The van der Waals surface area contributed by atoms with E-state index in [4.69, 9.17) is 9.15 Å². The molecule has 0 radical (unpaired) electrons. The van der Waals surface area contributed by atoms with Gasteiger partial charge < -0.3 is 14.9 Å². The van der Waals surface area contributed by atoms with Gasteiger partial charge >= 0.3 is 0 Å². The molecule has 5 rings (SSSR count). The van der Waals surface area contributed by atoms with Crippen molar-refractivity contribution >= 4 is 11.0 Å². The SMILES string of the molecule is CN.O=c1c(C2CCCC2)coc2ccc(OC(CCCc3ccccc3)c3ccccc3)cc12. The third-order valence-electron chi connectivity index (χ3n) is 6.79. The van der Waals surface area contributed by atoms with Crippen LogP contribution in [0.2, 0.25) is 0 Å². The van der Waals surface area contributed by atoms with Crippen LogP contribution in [0.25, 0.3) is 11.0 Å². The topological polar surface area (TPSA) is 65.5 Å². The van der Waals surface area contributed by atoms with Crippen LogP contribution in [0.15, 0.2) is 94.3 Å². The van der Waals surface area contributed by atoms with Crippen LogP contribution in [0.4, 0.5) is 0 Å². The fourth-order valence-electron chi connectivity index (χ4n) is 4.98. The molecule has 1 aliphatic rings. The summed E-state index contributed by atoms with van der Waals surface area (Å²) in [5, 5.41) is 0.619. The van der Waals surface area contributed by atoms with E-state index in [0.29, 0.717) is 22.6 Å². The van der Waals surface area contributed by atoms with Crippen molar-refractivity contribution in [2.24, 2.45) is 5.73 Å². The number of fused-ring (bicyclic) bond motifs is 1. The summed E-state index contributed by atoms with van der Waals surface area (Å²) in [7, 11) is 1.50. The number of nitrogens with two attached hydrogens (primary N) is 1. The summed E-state index contributed by atoms with van der Waals surface area (Å²) in [5.74, 6) is 1.04. The Kier molecular flexibility index (Phi) is 8.74. The zero-order valence-electron chi connectivity index (χ0n) is 20.5. The molecule has 35 heavy (non-hydrogen) atoms. The normalized spacial score (nSPS) is 14.3. The van der Waals surface area contributed by atoms with Gasteiger partial charge in [0.05, 0.1) is 11.6 Å². The second-order valence-electron chi connectivity index (χ2n) is 9.05. The minimum atomic E-state index is -0.0718. The molecule has 1 fully saturated rings. The Hall–Kier alpha value is -3.37. The van der Waals surface area contributed by atoms with Crippen LogP contribution >= 0.6 is 0 Å². The minimum Gasteiger partial charge on any atom is -0.486 e. The Balaban J connectivity index is 0.00000141. The number of rotatable bonds is 8. The number of ether oxygens (including phenoxy) is 1. The first-order chi connectivity index (χ1) is 17.3. The van der Waals surface area contributed by atoms with E-state index in [9.17, 15) is 4.79 Å². The first-order valence-electron chi connectivity index (χ1n) is 12.7. The summed E-state index contributed by atoms with van der Waals surface area (Å²) < 4.78 is 12.3. The lowest BCUT2D eigenvalue weighted by atomic mass is 9.98. The van der Waals surface area contributed by atoms with E-state index in [0.717, 1.165) is 43.2 Å². The molecule has 1 aromatic heterocycles. The molecule has 2 N–H and O–H groups in total. The highest BCUT2D eigenvalue weighted by Crippen LogP contribution is 2.34. The van der Waals surface area contributed by atoms with Gasteiger partial charge in [0.2, 0.25) is 0 Å². The summed E-state index contributed by atoms with van der Waals surface area (Å²) >= 11 is 0. The van der Waals surface area contributed by atoms with Crippen molar-refractivity contribution in [1.29, 1.82) is 0 Å². The molecule has 4 heteroatoms. The van der Waals surface area contributed by atoms with Gasteiger partial charge in [-0.2, -0.15) is 0 Å². The third-order valence-corrected chi connectivity index (χ3v) is 6.79. The average Bonchev–Trinajstić information content (AvgIpc) is 3.46. The van der Waals surface area contributed by atoms with E-state index >= 15 is 0 Å². The summed E-state index contributed by atoms with van der Waals surface area (Å²) in [5.41, 5.74) is 8.52. The minimum absolute atomic E-state index is 0.0718. The van der Waals surface area contributed by atoms with Crippen molar-refractivity contribution in [1.82, 2.24) is 0 Å². The van der Waals surface area contributed by atoms with Gasteiger partial charge in [-0.15, -0.1) is 0 Å². The smallest absolute Gasteiger partial charge is 0.196 e. The van der Waals surface area contributed by atoms with Crippen molar-refractivity contribution in [3.63, 3.8) is 0 Å². The lowest BCUT2D eigenvalue weighted by Gasteiger charge is -2.20. The molecular weight excluding hydrogens is 434 g/mol. The van der Waals surface area contributed by atoms with Gasteiger partial charge in [0.1, 0.15) is 17.4 Å². The Labute approximate surface area is 207 Å². The third kappa shape index (κ3) is 6.20. The molecule has 0 amide bonds. The maximum Gasteiger partial charge on any atom is 0.196 e. The molecule has 4 aromatic rings. The zero-order valence-corrected chi connectivity index (χ0v) is 20.5. The Bertz CT molecular complexity index is 1240.